The van der Waals surface area contributed by atoms with Gasteiger partial charge in [0.2, 0.25) is 0 Å². The summed E-state index contributed by atoms with van der Waals surface area (Å²) in [6.07, 6.45) is 2.36. The van der Waals surface area contributed by atoms with Gasteiger partial charge in [-0.1, -0.05) is 11.6 Å². The fourth-order valence-corrected chi connectivity index (χ4v) is 2.44. The van der Waals surface area contributed by atoms with Crippen molar-refractivity contribution >= 4 is 17.5 Å². The summed E-state index contributed by atoms with van der Waals surface area (Å²) in [6.45, 7) is 4.15. The van der Waals surface area contributed by atoms with Crippen molar-refractivity contribution in [2.45, 2.75) is 25.8 Å². The van der Waals surface area contributed by atoms with Crippen LogP contribution < -0.4 is 10.6 Å². The van der Waals surface area contributed by atoms with E-state index < -0.39 is 0 Å². The quantitative estimate of drug-likeness (QED) is 0.882. The molecule has 0 bridgehead atoms. The number of nitrogens with one attached hydrogen (secondary N) is 2. The van der Waals surface area contributed by atoms with Crippen LogP contribution in [0.15, 0.2) is 24.3 Å². The van der Waals surface area contributed by atoms with Crippen LogP contribution in [0.4, 0.5) is 0 Å². The van der Waals surface area contributed by atoms with Crippen LogP contribution in [0.25, 0.3) is 0 Å². The van der Waals surface area contributed by atoms with Gasteiger partial charge in [0.05, 0.1) is 0 Å². The van der Waals surface area contributed by atoms with Gasteiger partial charge in [-0.05, 0) is 63.0 Å². The molecule has 0 saturated carbocycles. The molecule has 1 heterocycles. The van der Waals surface area contributed by atoms with Gasteiger partial charge in [-0.15, -0.1) is 0 Å². The zero-order chi connectivity index (χ0) is 13.0. The Morgan fingerprint density at radius 2 is 2.17 bits per heavy atom. The van der Waals surface area contributed by atoms with Gasteiger partial charge in [-0.3, -0.25) is 4.79 Å². The lowest BCUT2D eigenvalue weighted by molar-refractivity contribution is 0.0922. The molecular formula is C14H19ClN2O. The largest absolute Gasteiger partial charge is 0.349 e. The first kappa shape index (κ1) is 13.4. The first-order valence-corrected chi connectivity index (χ1v) is 6.82. The molecule has 0 radical (unpaired) electrons. The number of rotatable bonds is 3. The first-order chi connectivity index (χ1) is 8.66. The van der Waals surface area contributed by atoms with Crippen LogP contribution in [-0.2, 0) is 0 Å². The van der Waals surface area contributed by atoms with E-state index in [9.17, 15) is 4.79 Å². The summed E-state index contributed by atoms with van der Waals surface area (Å²) in [6, 6.07) is 7.18. The maximum Gasteiger partial charge on any atom is 0.251 e. The average Bonchev–Trinajstić information content (AvgIpc) is 2.40. The molecule has 1 aromatic rings. The van der Waals surface area contributed by atoms with Crippen LogP contribution in [0.1, 0.15) is 30.1 Å². The Hall–Kier alpha value is -1.06. The lowest BCUT2D eigenvalue weighted by Gasteiger charge is -2.28. The summed E-state index contributed by atoms with van der Waals surface area (Å²) in [5.41, 5.74) is 0.662. The van der Waals surface area contributed by atoms with Crippen molar-refractivity contribution in [1.29, 1.82) is 0 Å². The number of amides is 1. The van der Waals surface area contributed by atoms with E-state index in [0.29, 0.717) is 16.5 Å². The maximum atomic E-state index is 12.0. The van der Waals surface area contributed by atoms with E-state index in [0.717, 1.165) is 13.1 Å². The summed E-state index contributed by atoms with van der Waals surface area (Å²) in [4.78, 5) is 12.0. The van der Waals surface area contributed by atoms with Crippen LogP contribution in [0.2, 0.25) is 5.02 Å². The second-order valence-corrected chi connectivity index (χ2v) is 5.31. The van der Waals surface area contributed by atoms with Crippen molar-refractivity contribution in [3.63, 3.8) is 0 Å². The Labute approximate surface area is 113 Å². The van der Waals surface area contributed by atoms with E-state index in [1.807, 2.05) is 0 Å². The van der Waals surface area contributed by atoms with Crippen LogP contribution in [0.5, 0.6) is 0 Å². The molecule has 2 unspecified atom stereocenters. The predicted molar refractivity (Wildman–Crippen MR) is 74.0 cm³/mol. The SMILES string of the molecule is CC(NC(=O)c1ccc(Cl)cc1)C1CCCNC1. The fraction of sp³-hybridized carbons (Fsp3) is 0.500. The zero-order valence-electron chi connectivity index (χ0n) is 10.6. The molecule has 1 saturated heterocycles. The first-order valence-electron chi connectivity index (χ1n) is 6.44. The molecule has 2 atom stereocenters. The van der Waals surface area contributed by atoms with E-state index in [1.165, 1.54) is 12.8 Å². The minimum atomic E-state index is -0.0234. The molecule has 0 aromatic heterocycles. The summed E-state index contributed by atoms with van der Waals surface area (Å²) >= 11 is 5.80. The Morgan fingerprint density at radius 1 is 1.44 bits per heavy atom. The van der Waals surface area contributed by atoms with Crippen LogP contribution in [0.3, 0.4) is 0 Å². The van der Waals surface area contributed by atoms with Crippen molar-refractivity contribution in [3.05, 3.63) is 34.9 Å². The highest BCUT2D eigenvalue weighted by Crippen LogP contribution is 2.15. The van der Waals surface area contributed by atoms with Gasteiger partial charge < -0.3 is 10.6 Å². The standard InChI is InChI=1S/C14H19ClN2O/c1-10(12-3-2-8-16-9-12)17-14(18)11-4-6-13(15)7-5-11/h4-7,10,12,16H,2-3,8-9H2,1H3,(H,17,18). The van der Waals surface area contributed by atoms with Gasteiger partial charge in [0.25, 0.3) is 5.91 Å². The van der Waals surface area contributed by atoms with E-state index >= 15 is 0 Å². The minimum Gasteiger partial charge on any atom is -0.349 e. The number of hydrogen-bond acceptors (Lipinski definition) is 2. The van der Waals surface area contributed by atoms with Crippen molar-refractivity contribution in [2.75, 3.05) is 13.1 Å². The lowest BCUT2D eigenvalue weighted by Crippen LogP contribution is -2.44. The molecular weight excluding hydrogens is 248 g/mol. The highest BCUT2D eigenvalue weighted by atomic mass is 35.5. The molecule has 4 heteroatoms. The van der Waals surface area contributed by atoms with Gasteiger partial charge in [0, 0.05) is 16.6 Å². The molecule has 3 nitrogen and oxygen atoms in total. The van der Waals surface area contributed by atoms with Crippen molar-refractivity contribution in [3.8, 4) is 0 Å². The average molecular weight is 267 g/mol. The Balaban J connectivity index is 1.91. The number of hydrogen-bond donors (Lipinski definition) is 2. The molecule has 1 aromatic carbocycles. The van der Waals surface area contributed by atoms with E-state index in [-0.39, 0.29) is 11.9 Å². The number of carbonyl (C=O) groups excluding carboxylic acids is 1. The topological polar surface area (TPSA) is 41.1 Å². The molecule has 0 aliphatic carbocycles. The van der Waals surface area contributed by atoms with Gasteiger partial charge in [-0.2, -0.15) is 0 Å². The molecule has 1 aliphatic rings. The van der Waals surface area contributed by atoms with E-state index in [4.69, 9.17) is 11.6 Å². The summed E-state index contributed by atoms with van der Waals surface area (Å²) in [5.74, 6) is 0.500. The molecule has 98 valence electrons. The summed E-state index contributed by atoms with van der Waals surface area (Å²) in [7, 11) is 0. The van der Waals surface area contributed by atoms with Crippen LogP contribution in [0, 0.1) is 5.92 Å². The van der Waals surface area contributed by atoms with Gasteiger partial charge in [0.1, 0.15) is 0 Å². The fourth-order valence-electron chi connectivity index (χ4n) is 2.31. The van der Waals surface area contributed by atoms with Crippen molar-refractivity contribution in [2.24, 2.45) is 5.92 Å². The summed E-state index contributed by atoms with van der Waals surface area (Å²) in [5, 5.41) is 7.08. The highest BCUT2D eigenvalue weighted by molar-refractivity contribution is 6.30. The third-order valence-electron chi connectivity index (χ3n) is 3.51. The second-order valence-electron chi connectivity index (χ2n) is 4.88. The Morgan fingerprint density at radius 3 is 2.78 bits per heavy atom. The van der Waals surface area contributed by atoms with Gasteiger partial charge in [0.15, 0.2) is 0 Å². The lowest BCUT2D eigenvalue weighted by atomic mass is 9.92. The van der Waals surface area contributed by atoms with Gasteiger partial charge >= 0.3 is 0 Å². The monoisotopic (exact) mass is 266 g/mol. The number of piperidine rings is 1. The highest BCUT2D eigenvalue weighted by Gasteiger charge is 2.21. The molecule has 1 fully saturated rings. The van der Waals surface area contributed by atoms with Gasteiger partial charge in [-0.25, -0.2) is 0 Å². The molecule has 0 spiro atoms. The molecule has 2 N–H and O–H groups in total. The predicted octanol–water partition coefficient (Wildman–Crippen LogP) is 2.46. The second kappa shape index (κ2) is 6.21. The molecule has 2 rings (SSSR count). The third kappa shape index (κ3) is 3.47. The molecule has 1 aliphatic heterocycles. The van der Waals surface area contributed by atoms with Crippen LogP contribution in [-0.4, -0.2) is 25.0 Å². The zero-order valence-corrected chi connectivity index (χ0v) is 11.3. The summed E-state index contributed by atoms with van der Waals surface area (Å²) < 4.78 is 0. The maximum absolute atomic E-state index is 12.0. The smallest absolute Gasteiger partial charge is 0.251 e. The normalized spacial score (nSPS) is 21.3. The molecule has 1 amide bonds. The van der Waals surface area contributed by atoms with Crippen LogP contribution >= 0.6 is 11.6 Å². The van der Waals surface area contributed by atoms with E-state index in [2.05, 4.69) is 17.6 Å². The third-order valence-corrected chi connectivity index (χ3v) is 3.76. The minimum absolute atomic E-state index is 0.0234. The number of benzene rings is 1. The number of halogens is 1. The van der Waals surface area contributed by atoms with Crippen molar-refractivity contribution < 1.29 is 4.79 Å². The van der Waals surface area contributed by atoms with Crippen molar-refractivity contribution in [1.82, 2.24) is 10.6 Å². The molecule has 18 heavy (non-hydrogen) atoms. The van der Waals surface area contributed by atoms with E-state index in [1.54, 1.807) is 24.3 Å². The number of carbonyl (C=O) groups is 1. The Bertz CT molecular complexity index is 399. The Kier molecular flexibility index (Phi) is 4.61.